The monoisotopic (exact) mass is 410 g/mol. The smallest absolute Gasteiger partial charge is 0.291 e. The summed E-state index contributed by atoms with van der Waals surface area (Å²) in [6.45, 7) is 4.49. The van der Waals surface area contributed by atoms with Crippen molar-refractivity contribution in [3.8, 4) is 12.3 Å². The van der Waals surface area contributed by atoms with E-state index in [1.54, 1.807) is 0 Å². The minimum absolute atomic E-state index is 0.341. The molecule has 0 aliphatic carbocycles. The quantitative estimate of drug-likeness (QED) is 0.398. The van der Waals surface area contributed by atoms with E-state index >= 15 is 0 Å². The lowest BCUT2D eigenvalue weighted by Gasteiger charge is -2.03. The van der Waals surface area contributed by atoms with E-state index in [2.05, 4.69) is 36.9 Å². The predicted molar refractivity (Wildman–Crippen MR) is 115 cm³/mol. The number of amides is 1. The SMILES string of the molecule is C#CCn1c(=NC(=O)c2sc3ccccc3c2Cl)sc2cc(C)c(C)cc21. The summed E-state index contributed by atoms with van der Waals surface area (Å²) in [4.78, 5) is 18.3. The first-order chi connectivity index (χ1) is 13.0. The Kier molecular flexibility index (Phi) is 4.65. The molecule has 0 N–H and O–H groups in total. The number of carbonyl (C=O) groups excluding carboxylic acids is 1. The van der Waals surface area contributed by atoms with Crippen LogP contribution in [0.3, 0.4) is 0 Å². The number of aryl methyl sites for hydroxylation is 2. The largest absolute Gasteiger partial charge is 0.305 e. The van der Waals surface area contributed by atoms with E-state index in [0.717, 1.165) is 20.3 Å². The molecule has 6 heteroatoms. The number of rotatable bonds is 2. The van der Waals surface area contributed by atoms with Crippen LogP contribution in [0.4, 0.5) is 0 Å². The number of halogens is 1. The average Bonchev–Trinajstić information content (AvgIpc) is 3.15. The number of hydrogen-bond acceptors (Lipinski definition) is 3. The van der Waals surface area contributed by atoms with E-state index in [1.807, 2.05) is 28.8 Å². The Bertz CT molecular complexity index is 1320. The Hall–Kier alpha value is -2.39. The zero-order valence-electron chi connectivity index (χ0n) is 14.7. The topological polar surface area (TPSA) is 34.4 Å². The minimum Gasteiger partial charge on any atom is -0.305 e. The van der Waals surface area contributed by atoms with Gasteiger partial charge in [0.2, 0.25) is 0 Å². The van der Waals surface area contributed by atoms with E-state index in [1.165, 1.54) is 33.8 Å². The summed E-state index contributed by atoms with van der Waals surface area (Å²) in [6, 6.07) is 11.9. The van der Waals surface area contributed by atoms with Crippen molar-refractivity contribution in [1.29, 1.82) is 0 Å². The number of thiophene rings is 1. The maximum absolute atomic E-state index is 12.9. The van der Waals surface area contributed by atoms with Gasteiger partial charge in [0.15, 0.2) is 4.80 Å². The molecule has 2 aromatic heterocycles. The van der Waals surface area contributed by atoms with Crippen molar-refractivity contribution in [3.05, 3.63) is 62.2 Å². The molecule has 2 aromatic carbocycles. The molecule has 0 aliphatic rings. The van der Waals surface area contributed by atoms with Gasteiger partial charge in [0.25, 0.3) is 5.91 Å². The fraction of sp³-hybridized carbons (Fsp3) is 0.143. The lowest BCUT2D eigenvalue weighted by molar-refractivity contribution is 0.100. The van der Waals surface area contributed by atoms with Gasteiger partial charge in [0, 0.05) is 10.1 Å². The molecule has 0 unspecified atom stereocenters. The Labute approximate surface area is 169 Å². The molecule has 1 amide bonds. The van der Waals surface area contributed by atoms with Gasteiger partial charge in [0.05, 0.1) is 21.8 Å². The van der Waals surface area contributed by atoms with E-state index in [0.29, 0.717) is 21.2 Å². The zero-order chi connectivity index (χ0) is 19.1. The third-order valence-electron chi connectivity index (χ3n) is 4.47. The number of thiazole rings is 1. The molecule has 3 nitrogen and oxygen atoms in total. The van der Waals surface area contributed by atoms with Crippen molar-refractivity contribution < 1.29 is 4.79 Å². The second-order valence-electron chi connectivity index (χ2n) is 6.24. The van der Waals surface area contributed by atoms with Crippen molar-refractivity contribution in [2.75, 3.05) is 0 Å². The van der Waals surface area contributed by atoms with E-state index < -0.39 is 0 Å². The Balaban J connectivity index is 1.91. The first kappa shape index (κ1) is 18.0. The highest BCUT2D eigenvalue weighted by atomic mass is 35.5. The summed E-state index contributed by atoms with van der Waals surface area (Å²) in [5.74, 6) is 2.32. The highest BCUT2D eigenvalue weighted by molar-refractivity contribution is 7.21. The van der Waals surface area contributed by atoms with E-state index in [4.69, 9.17) is 18.0 Å². The number of benzene rings is 2. The molecule has 0 atom stereocenters. The second-order valence-corrected chi connectivity index (χ2v) is 8.68. The van der Waals surface area contributed by atoms with Gasteiger partial charge in [0.1, 0.15) is 4.88 Å². The van der Waals surface area contributed by atoms with Crippen LogP contribution >= 0.6 is 34.3 Å². The molecule has 134 valence electrons. The molecule has 4 rings (SSSR count). The molecule has 27 heavy (non-hydrogen) atoms. The van der Waals surface area contributed by atoms with Crippen molar-refractivity contribution in [1.82, 2.24) is 4.57 Å². The van der Waals surface area contributed by atoms with Gasteiger partial charge < -0.3 is 4.57 Å². The predicted octanol–water partition coefficient (Wildman–Crippen LogP) is 5.56. The number of terminal acetylenes is 1. The number of hydrogen-bond donors (Lipinski definition) is 0. The van der Waals surface area contributed by atoms with Crippen molar-refractivity contribution in [2.24, 2.45) is 4.99 Å². The summed E-state index contributed by atoms with van der Waals surface area (Å²) >= 11 is 9.26. The van der Waals surface area contributed by atoms with Crippen LogP contribution in [0.2, 0.25) is 5.02 Å². The molecule has 2 heterocycles. The summed E-state index contributed by atoms with van der Waals surface area (Å²) < 4.78 is 3.94. The lowest BCUT2D eigenvalue weighted by Crippen LogP contribution is -2.16. The van der Waals surface area contributed by atoms with Gasteiger partial charge in [-0.05, 0) is 43.2 Å². The molecule has 0 fully saturated rings. The van der Waals surface area contributed by atoms with E-state index in [-0.39, 0.29) is 5.91 Å². The van der Waals surface area contributed by atoms with Crippen LogP contribution in [-0.4, -0.2) is 10.5 Å². The van der Waals surface area contributed by atoms with Crippen LogP contribution < -0.4 is 4.80 Å². The highest BCUT2D eigenvalue weighted by Crippen LogP contribution is 2.35. The standard InChI is InChI=1S/C21H15ClN2OS2/c1-4-9-24-15-10-12(2)13(3)11-17(15)27-21(24)23-20(25)19-18(22)14-7-5-6-8-16(14)26-19/h1,5-8,10-11H,9H2,2-3H3. The Morgan fingerprint density at radius 1 is 1.19 bits per heavy atom. The summed E-state index contributed by atoms with van der Waals surface area (Å²) in [5.41, 5.74) is 3.37. The van der Waals surface area contributed by atoms with Crippen molar-refractivity contribution >= 4 is 60.5 Å². The summed E-state index contributed by atoms with van der Waals surface area (Å²) in [5, 5.41) is 1.34. The van der Waals surface area contributed by atoms with Gasteiger partial charge in [-0.3, -0.25) is 4.79 Å². The summed E-state index contributed by atoms with van der Waals surface area (Å²) in [6.07, 6.45) is 5.55. The van der Waals surface area contributed by atoms with Gasteiger partial charge >= 0.3 is 0 Å². The van der Waals surface area contributed by atoms with Gasteiger partial charge in [-0.2, -0.15) is 4.99 Å². The van der Waals surface area contributed by atoms with Crippen LogP contribution in [0.1, 0.15) is 20.8 Å². The molecule has 4 aromatic rings. The maximum Gasteiger partial charge on any atom is 0.291 e. The van der Waals surface area contributed by atoms with Crippen molar-refractivity contribution in [2.45, 2.75) is 20.4 Å². The molecular formula is C21H15ClN2OS2. The molecule has 0 bridgehead atoms. The number of nitrogens with zero attached hydrogens (tertiary/aromatic N) is 2. The van der Waals surface area contributed by atoms with E-state index in [9.17, 15) is 4.79 Å². The van der Waals surface area contributed by atoms with Crippen LogP contribution in [0.15, 0.2) is 41.4 Å². The minimum atomic E-state index is -0.341. The normalized spacial score (nSPS) is 12.0. The molecular weight excluding hydrogens is 396 g/mol. The molecule has 0 radical (unpaired) electrons. The molecule has 0 saturated carbocycles. The van der Waals surface area contributed by atoms with Crippen LogP contribution in [0, 0.1) is 26.2 Å². The second kappa shape index (κ2) is 6.97. The van der Waals surface area contributed by atoms with Crippen LogP contribution in [-0.2, 0) is 6.54 Å². The van der Waals surface area contributed by atoms with Crippen LogP contribution in [0.25, 0.3) is 20.3 Å². The highest BCUT2D eigenvalue weighted by Gasteiger charge is 2.17. The fourth-order valence-corrected chi connectivity index (χ4v) is 5.44. The van der Waals surface area contributed by atoms with Gasteiger partial charge in [-0.25, -0.2) is 0 Å². The maximum atomic E-state index is 12.9. The summed E-state index contributed by atoms with van der Waals surface area (Å²) in [7, 11) is 0. The first-order valence-corrected chi connectivity index (χ1v) is 10.3. The molecule has 0 aliphatic heterocycles. The Morgan fingerprint density at radius 3 is 2.67 bits per heavy atom. The number of aromatic nitrogens is 1. The zero-order valence-corrected chi connectivity index (χ0v) is 17.1. The average molecular weight is 411 g/mol. The van der Waals surface area contributed by atoms with Crippen molar-refractivity contribution in [3.63, 3.8) is 0 Å². The fourth-order valence-electron chi connectivity index (χ4n) is 2.94. The third kappa shape index (κ3) is 3.10. The van der Waals surface area contributed by atoms with Crippen LogP contribution in [0.5, 0.6) is 0 Å². The van der Waals surface area contributed by atoms with Gasteiger partial charge in [-0.15, -0.1) is 17.8 Å². The van der Waals surface area contributed by atoms with Gasteiger partial charge in [-0.1, -0.05) is 47.1 Å². The molecule has 0 saturated heterocycles. The Morgan fingerprint density at radius 2 is 1.93 bits per heavy atom. The lowest BCUT2D eigenvalue weighted by atomic mass is 10.1. The first-order valence-electron chi connectivity index (χ1n) is 8.29. The number of carbonyl (C=O) groups is 1. The number of fused-ring (bicyclic) bond motifs is 2. The third-order valence-corrected chi connectivity index (χ3v) is 7.18. The molecule has 0 spiro atoms.